The lowest BCUT2D eigenvalue weighted by Gasteiger charge is -2.13. The van der Waals surface area contributed by atoms with Crippen LogP contribution in [0, 0.1) is 0 Å². The van der Waals surface area contributed by atoms with Crippen LogP contribution in [0.3, 0.4) is 0 Å². The zero-order chi connectivity index (χ0) is 23.0. The number of rotatable bonds is 7. The summed E-state index contributed by atoms with van der Waals surface area (Å²) in [5, 5.41) is 15.0. The summed E-state index contributed by atoms with van der Waals surface area (Å²) in [6.45, 7) is 1.98. The molecular weight excluding hydrogens is 432 g/mol. The number of para-hydroxylation sites is 1. The summed E-state index contributed by atoms with van der Waals surface area (Å²) in [7, 11) is 0. The molecule has 3 aromatic carbocycles. The van der Waals surface area contributed by atoms with Gasteiger partial charge in [0.05, 0.1) is 11.3 Å². The van der Waals surface area contributed by atoms with Crippen LogP contribution in [0.5, 0.6) is 0 Å². The number of nitrogens with zero attached hydrogens (tertiary/aromatic N) is 2. The summed E-state index contributed by atoms with van der Waals surface area (Å²) < 4.78 is 0. The fourth-order valence-corrected chi connectivity index (χ4v) is 3.88. The van der Waals surface area contributed by atoms with Gasteiger partial charge in [-0.3, -0.25) is 14.9 Å². The average Bonchev–Trinajstić information content (AvgIpc) is 3.31. The molecule has 33 heavy (non-hydrogen) atoms. The third-order valence-corrected chi connectivity index (χ3v) is 5.83. The highest BCUT2D eigenvalue weighted by molar-refractivity contribution is 7.15. The van der Waals surface area contributed by atoms with E-state index in [4.69, 9.17) is 0 Å². The van der Waals surface area contributed by atoms with Crippen LogP contribution in [0.1, 0.15) is 33.4 Å². The lowest BCUT2D eigenvalue weighted by Crippen LogP contribution is -2.19. The van der Waals surface area contributed by atoms with Crippen LogP contribution in [-0.4, -0.2) is 22.0 Å². The van der Waals surface area contributed by atoms with Crippen LogP contribution in [0.25, 0.3) is 11.6 Å². The molecule has 0 spiro atoms. The second-order valence-electron chi connectivity index (χ2n) is 7.14. The first-order valence-corrected chi connectivity index (χ1v) is 11.3. The molecule has 0 aliphatic heterocycles. The van der Waals surface area contributed by atoms with E-state index < -0.39 is 0 Å². The Morgan fingerprint density at radius 2 is 1.52 bits per heavy atom. The Bertz CT molecular complexity index is 1280. The molecule has 0 aliphatic rings. The molecule has 0 atom stereocenters. The number of hydrogen-bond acceptors (Lipinski definition) is 5. The number of carbonyl (C=O) groups is 2. The molecule has 2 N–H and O–H groups in total. The Kier molecular flexibility index (Phi) is 7.02. The molecule has 6 nitrogen and oxygen atoms in total. The van der Waals surface area contributed by atoms with Gasteiger partial charge >= 0.3 is 0 Å². The van der Waals surface area contributed by atoms with Crippen molar-refractivity contribution in [2.75, 3.05) is 10.6 Å². The number of carbonyl (C=O) groups excluding carboxylic acids is 2. The van der Waals surface area contributed by atoms with E-state index in [9.17, 15) is 9.59 Å². The van der Waals surface area contributed by atoms with Crippen molar-refractivity contribution in [1.82, 2.24) is 10.2 Å². The van der Waals surface area contributed by atoms with Crippen LogP contribution < -0.4 is 10.6 Å². The SMILES string of the molecule is CCc1nnc(NC(=O)c2ccccc2NC(=O)/C(=C/c2ccccc2)c2ccccc2)s1. The molecule has 164 valence electrons. The molecular formula is C26H22N4O2S. The number of amides is 2. The standard InChI is InChI=1S/C26H22N4O2S/c1-2-23-29-30-26(33-23)28-24(31)20-15-9-10-16-22(20)27-25(32)21(19-13-7-4-8-14-19)17-18-11-5-3-6-12-18/h3-17H,2H2,1H3,(H,27,32)(H,28,30,31)/b21-17+. The predicted molar refractivity (Wildman–Crippen MR) is 133 cm³/mol. The van der Waals surface area contributed by atoms with E-state index >= 15 is 0 Å². The summed E-state index contributed by atoms with van der Waals surface area (Å²) in [6.07, 6.45) is 2.58. The van der Waals surface area contributed by atoms with Gasteiger partial charge in [0.15, 0.2) is 0 Å². The van der Waals surface area contributed by atoms with Crippen LogP contribution in [0.2, 0.25) is 0 Å². The highest BCUT2D eigenvalue weighted by atomic mass is 32.1. The first-order chi connectivity index (χ1) is 16.1. The molecule has 0 saturated carbocycles. The van der Waals surface area contributed by atoms with E-state index in [1.807, 2.05) is 73.7 Å². The molecule has 0 radical (unpaired) electrons. The van der Waals surface area contributed by atoms with E-state index in [2.05, 4.69) is 20.8 Å². The van der Waals surface area contributed by atoms with E-state index in [0.717, 1.165) is 22.6 Å². The molecule has 0 fully saturated rings. The molecule has 0 bridgehead atoms. The monoisotopic (exact) mass is 454 g/mol. The maximum atomic E-state index is 13.4. The van der Waals surface area contributed by atoms with Gasteiger partial charge in [-0.05, 0) is 35.8 Å². The van der Waals surface area contributed by atoms with Crippen molar-refractivity contribution in [3.05, 3.63) is 107 Å². The normalized spacial score (nSPS) is 11.1. The van der Waals surface area contributed by atoms with Crippen LogP contribution in [0.15, 0.2) is 84.9 Å². The van der Waals surface area contributed by atoms with Crippen molar-refractivity contribution in [3.8, 4) is 0 Å². The average molecular weight is 455 g/mol. The van der Waals surface area contributed by atoms with Crippen molar-refractivity contribution in [2.24, 2.45) is 0 Å². The van der Waals surface area contributed by atoms with Gasteiger partial charge in [-0.2, -0.15) is 0 Å². The van der Waals surface area contributed by atoms with Crippen LogP contribution in [0.4, 0.5) is 10.8 Å². The Morgan fingerprint density at radius 1 is 0.848 bits per heavy atom. The lowest BCUT2D eigenvalue weighted by atomic mass is 10.0. The highest BCUT2D eigenvalue weighted by Gasteiger charge is 2.18. The molecule has 0 aliphatic carbocycles. The van der Waals surface area contributed by atoms with Gasteiger partial charge < -0.3 is 5.32 Å². The minimum Gasteiger partial charge on any atom is -0.321 e. The highest BCUT2D eigenvalue weighted by Crippen LogP contribution is 2.24. The summed E-state index contributed by atoms with van der Waals surface area (Å²) in [5.74, 6) is -0.674. The smallest absolute Gasteiger partial charge is 0.259 e. The molecule has 4 rings (SSSR count). The van der Waals surface area contributed by atoms with Gasteiger partial charge in [0.25, 0.3) is 11.8 Å². The van der Waals surface area contributed by atoms with Gasteiger partial charge in [0.2, 0.25) is 5.13 Å². The molecule has 0 saturated heterocycles. The van der Waals surface area contributed by atoms with Gasteiger partial charge in [-0.1, -0.05) is 91.1 Å². The fraction of sp³-hybridized carbons (Fsp3) is 0.0769. The number of nitrogens with one attached hydrogen (secondary N) is 2. The molecule has 1 aromatic heterocycles. The predicted octanol–water partition coefficient (Wildman–Crippen LogP) is 5.53. The van der Waals surface area contributed by atoms with E-state index in [1.165, 1.54) is 11.3 Å². The summed E-state index contributed by atoms with van der Waals surface area (Å²) in [5.41, 5.74) is 2.93. The molecule has 4 aromatic rings. The Morgan fingerprint density at radius 3 is 2.21 bits per heavy atom. The van der Waals surface area contributed by atoms with Crippen LogP contribution >= 0.6 is 11.3 Å². The largest absolute Gasteiger partial charge is 0.321 e. The van der Waals surface area contributed by atoms with Gasteiger partial charge in [-0.25, -0.2) is 0 Å². The zero-order valence-corrected chi connectivity index (χ0v) is 18.8. The quantitative estimate of drug-likeness (QED) is 0.284. The minimum atomic E-state index is -0.363. The maximum Gasteiger partial charge on any atom is 0.259 e. The van der Waals surface area contributed by atoms with Gasteiger partial charge in [0, 0.05) is 5.57 Å². The van der Waals surface area contributed by atoms with E-state index in [-0.39, 0.29) is 11.8 Å². The second kappa shape index (κ2) is 10.5. The number of benzene rings is 3. The van der Waals surface area contributed by atoms with Crippen molar-refractivity contribution in [2.45, 2.75) is 13.3 Å². The maximum absolute atomic E-state index is 13.4. The van der Waals surface area contributed by atoms with E-state index in [1.54, 1.807) is 24.3 Å². The zero-order valence-electron chi connectivity index (χ0n) is 18.0. The summed E-state index contributed by atoms with van der Waals surface area (Å²) in [6, 6.07) is 26.0. The van der Waals surface area contributed by atoms with Gasteiger partial charge in [-0.15, -0.1) is 10.2 Å². The summed E-state index contributed by atoms with van der Waals surface area (Å²) >= 11 is 1.33. The second-order valence-corrected chi connectivity index (χ2v) is 8.21. The number of aromatic nitrogens is 2. The molecule has 7 heteroatoms. The van der Waals surface area contributed by atoms with Crippen LogP contribution in [-0.2, 0) is 11.2 Å². The molecule has 2 amide bonds. The van der Waals surface area contributed by atoms with Gasteiger partial charge in [0.1, 0.15) is 5.01 Å². The third-order valence-electron chi connectivity index (χ3n) is 4.85. The first kappa shape index (κ1) is 22.1. The van der Waals surface area contributed by atoms with Crippen molar-refractivity contribution < 1.29 is 9.59 Å². The Hall–Kier alpha value is -4.10. The third kappa shape index (κ3) is 5.58. The fourth-order valence-electron chi connectivity index (χ4n) is 3.20. The van der Waals surface area contributed by atoms with Crippen molar-refractivity contribution in [3.63, 3.8) is 0 Å². The lowest BCUT2D eigenvalue weighted by molar-refractivity contribution is -0.111. The van der Waals surface area contributed by atoms with Crippen molar-refractivity contribution in [1.29, 1.82) is 0 Å². The number of hydrogen-bond donors (Lipinski definition) is 2. The minimum absolute atomic E-state index is 0.311. The number of anilines is 2. The molecule has 0 unspecified atom stereocenters. The number of aryl methyl sites for hydroxylation is 1. The Balaban J connectivity index is 1.61. The summed E-state index contributed by atoms with van der Waals surface area (Å²) in [4.78, 5) is 26.3. The molecule has 1 heterocycles. The Labute approximate surface area is 196 Å². The first-order valence-electron chi connectivity index (χ1n) is 10.5. The van der Waals surface area contributed by atoms with Crippen molar-refractivity contribution >= 4 is 45.6 Å². The topological polar surface area (TPSA) is 84.0 Å². The van der Waals surface area contributed by atoms with E-state index in [0.29, 0.717) is 22.0 Å².